The van der Waals surface area contributed by atoms with Gasteiger partial charge in [0.25, 0.3) is 0 Å². The molecule has 1 unspecified atom stereocenters. The number of aromatic nitrogens is 1. The van der Waals surface area contributed by atoms with Crippen molar-refractivity contribution in [2.45, 2.75) is 37.4 Å². The van der Waals surface area contributed by atoms with Crippen molar-refractivity contribution in [1.29, 1.82) is 0 Å². The van der Waals surface area contributed by atoms with Gasteiger partial charge in [0.1, 0.15) is 0 Å². The molecule has 0 radical (unpaired) electrons. The fraction of sp³-hybridized carbons (Fsp3) is 0.636. The Bertz CT molecular complexity index is 272. The third kappa shape index (κ3) is 1.70. The number of aliphatic hydroxyl groups excluding tert-OH is 1. The number of rotatable bonds is 4. The third-order valence-corrected chi connectivity index (χ3v) is 3.27. The normalized spacial score (nSPS) is 21.6. The van der Waals surface area contributed by atoms with Crippen molar-refractivity contribution >= 4 is 0 Å². The average molecular weight is 195 g/mol. The van der Waals surface area contributed by atoms with Gasteiger partial charge < -0.3 is 14.8 Å². The van der Waals surface area contributed by atoms with Gasteiger partial charge in [-0.3, -0.25) is 0 Å². The van der Waals surface area contributed by atoms with E-state index in [1.165, 1.54) is 6.42 Å². The standard InChI is InChI=1S/C11H17NO2/c1-14-11(4-2-5-11)7-10(13)9-3-6-12-8-9/h3,6,8,10,12-13H,2,4-5,7H2,1H3. The molecule has 0 amide bonds. The van der Waals surface area contributed by atoms with Crippen molar-refractivity contribution in [2.24, 2.45) is 0 Å². The number of aromatic amines is 1. The fourth-order valence-corrected chi connectivity index (χ4v) is 2.08. The monoisotopic (exact) mass is 195 g/mol. The summed E-state index contributed by atoms with van der Waals surface area (Å²) in [5, 5.41) is 9.94. The highest BCUT2D eigenvalue weighted by molar-refractivity contribution is 5.13. The van der Waals surface area contributed by atoms with Crippen LogP contribution in [0.4, 0.5) is 0 Å². The van der Waals surface area contributed by atoms with Crippen LogP contribution >= 0.6 is 0 Å². The molecule has 3 heteroatoms. The van der Waals surface area contributed by atoms with Crippen LogP contribution in [0.15, 0.2) is 18.5 Å². The van der Waals surface area contributed by atoms with Crippen LogP contribution in [0.1, 0.15) is 37.4 Å². The summed E-state index contributed by atoms with van der Waals surface area (Å²) in [7, 11) is 1.74. The maximum absolute atomic E-state index is 9.94. The molecule has 1 fully saturated rings. The molecule has 0 bridgehead atoms. The minimum Gasteiger partial charge on any atom is -0.388 e. The van der Waals surface area contributed by atoms with E-state index >= 15 is 0 Å². The smallest absolute Gasteiger partial charge is 0.0832 e. The van der Waals surface area contributed by atoms with Crippen LogP contribution in [-0.2, 0) is 4.74 Å². The molecule has 3 nitrogen and oxygen atoms in total. The summed E-state index contributed by atoms with van der Waals surface area (Å²) in [5.74, 6) is 0. The van der Waals surface area contributed by atoms with Gasteiger partial charge in [0.2, 0.25) is 0 Å². The van der Waals surface area contributed by atoms with Crippen molar-refractivity contribution in [3.8, 4) is 0 Å². The Morgan fingerprint density at radius 1 is 1.64 bits per heavy atom. The Labute approximate surface area is 84.1 Å². The minimum absolute atomic E-state index is 0.0588. The summed E-state index contributed by atoms with van der Waals surface area (Å²) >= 11 is 0. The van der Waals surface area contributed by atoms with Crippen molar-refractivity contribution in [3.05, 3.63) is 24.0 Å². The molecule has 1 aromatic heterocycles. The number of hydrogen-bond donors (Lipinski definition) is 2. The molecule has 2 N–H and O–H groups in total. The highest BCUT2D eigenvalue weighted by Crippen LogP contribution is 2.41. The van der Waals surface area contributed by atoms with E-state index in [-0.39, 0.29) is 5.60 Å². The molecule has 0 aliphatic heterocycles. The van der Waals surface area contributed by atoms with Crippen LogP contribution < -0.4 is 0 Å². The van der Waals surface area contributed by atoms with E-state index in [2.05, 4.69) is 4.98 Å². The first-order valence-electron chi connectivity index (χ1n) is 5.12. The van der Waals surface area contributed by atoms with E-state index in [1.807, 2.05) is 18.5 Å². The number of aliphatic hydroxyl groups is 1. The topological polar surface area (TPSA) is 45.2 Å². The maximum Gasteiger partial charge on any atom is 0.0832 e. The Kier molecular flexibility index (Phi) is 2.61. The zero-order chi connectivity index (χ0) is 10.0. The molecule has 0 spiro atoms. The Morgan fingerprint density at radius 3 is 2.86 bits per heavy atom. The van der Waals surface area contributed by atoms with E-state index in [0.29, 0.717) is 6.42 Å². The summed E-state index contributed by atoms with van der Waals surface area (Å²) in [6.45, 7) is 0. The lowest BCUT2D eigenvalue weighted by Crippen LogP contribution is -2.40. The van der Waals surface area contributed by atoms with Gasteiger partial charge in [-0.05, 0) is 30.9 Å². The van der Waals surface area contributed by atoms with E-state index in [1.54, 1.807) is 7.11 Å². The Morgan fingerprint density at radius 2 is 2.43 bits per heavy atom. The third-order valence-electron chi connectivity index (χ3n) is 3.27. The van der Waals surface area contributed by atoms with Crippen LogP contribution in [0.2, 0.25) is 0 Å². The first-order chi connectivity index (χ1) is 6.76. The number of hydrogen-bond acceptors (Lipinski definition) is 2. The lowest BCUT2D eigenvalue weighted by Gasteiger charge is -2.41. The Hall–Kier alpha value is -0.800. The molecule has 0 saturated heterocycles. The van der Waals surface area contributed by atoms with Crippen LogP contribution in [0, 0.1) is 0 Å². The molecule has 1 aliphatic rings. The second-order valence-corrected chi connectivity index (χ2v) is 4.10. The van der Waals surface area contributed by atoms with Crippen molar-refractivity contribution in [3.63, 3.8) is 0 Å². The van der Waals surface area contributed by atoms with Crippen LogP contribution in [0.25, 0.3) is 0 Å². The fourth-order valence-electron chi connectivity index (χ4n) is 2.08. The molecule has 1 aromatic rings. The molecule has 1 heterocycles. The molecule has 0 aromatic carbocycles. The van der Waals surface area contributed by atoms with E-state index in [0.717, 1.165) is 18.4 Å². The molecule has 14 heavy (non-hydrogen) atoms. The van der Waals surface area contributed by atoms with Gasteiger partial charge in [-0.25, -0.2) is 0 Å². The predicted octanol–water partition coefficient (Wildman–Crippen LogP) is 2.01. The van der Waals surface area contributed by atoms with Gasteiger partial charge in [0, 0.05) is 25.9 Å². The van der Waals surface area contributed by atoms with E-state index in [4.69, 9.17) is 4.74 Å². The number of H-pyrrole nitrogens is 1. The van der Waals surface area contributed by atoms with Crippen molar-refractivity contribution in [2.75, 3.05) is 7.11 Å². The summed E-state index contributed by atoms with van der Waals surface area (Å²) < 4.78 is 5.47. The minimum atomic E-state index is -0.401. The van der Waals surface area contributed by atoms with Gasteiger partial charge in [-0.2, -0.15) is 0 Å². The summed E-state index contributed by atoms with van der Waals surface area (Å²) in [6, 6.07) is 1.91. The molecule has 1 atom stereocenters. The van der Waals surface area contributed by atoms with E-state index < -0.39 is 6.10 Å². The lowest BCUT2D eigenvalue weighted by molar-refractivity contribution is -0.0998. The Balaban J connectivity index is 1.97. The highest BCUT2D eigenvalue weighted by Gasteiger charge is 2.38. The lowest BCUT2D eigenvalue weighted by atomic mass is 9.75. The van der Waals surface area contributed by atoms with Gasteiger partial charge >= 0.3 is 0 Å². The molecule has 1 saturated carbocycles. The number of methoxy groups -OCH3 is 1. The van der Waals surface area contributed by atoms with Gasteiger partial charge in [0.15, 0.2) is 0 Å². The van der Waals surface area contributed by atoms with Crippen molar-refractivity contribution < 1.29 is 9.84 Å². The number of ether oxygens (including phenoxy) is 1. The maximum atomic E-state index is 9.94. The van der Waals surface area contributed by atoms with Gasteiger partial charge in [0.05, 0.1) is 11.7 Å². The highest BCUT2D eigenvalue weighted by atomic mass is 16.5. The van der Waals surface area contributed by atoms with Gasteiger partial charge in [-0.15, -0.1) is 0 Å². The first-order valence-corrected chi connectivity index (χ1v) is 5.12. The largest absolute Gasteiger partial charge is 0.388 e. The molecule has 78 valence electrons. The second kappa shape index (κ2) is 3.75. The van der Waals surface area contributed by atoms with Crippen molar-refractivity contribution in [1.82, 2.24) is 4.98 Å². The molecular weight excluding hydrogens is 178 g/mol. The van der Waals surface area contributed by atoms with Gasteiger partial charge in [-0.1, -0.05) is 0 Å². The molecule has 1 aliphatic carbocycles. The zero-order valence-electron chi connectivity index (χ0n) is 8.49. The first kappa shape index (κ1) is 9.74. The SMILES string of the molecule is COC1(CC(O)c2cc[nH]c2)CCC1. The predicted molar refractivity (Wildman–Crippen MR) is 54.0 cm³/mol. The summed E-state index contributed by atoms with van der Waals surface area (Å²) in [6.07, 6.45) is 7.35. The molecular formula is C11H17NO2. The summed E-state index contributed by atoms with van der Waals surface area (Å²) in [5.41, 5.74) is 0.893. The second-order valence-electron chi connectivity index (χ2n) is 4.10. The molecule has 2 rings (SSSR count). The van der Waals surface area contributed by atoms with Crippen LogP contribution in [-0.4, -0.2) is 22.8 Å². The average Bonchev–Trinajstić information content (AvgIpc) is 2.63. The quantitative estimate of drug-likeness (QED) is 0.772. The zero-order valence-corrected chi connectivity index (χ0v) is 8.49. The van der Waals surface area contributed by atoms with E-state index in [9.17, 15) is 5.11 Å². The van der Waals surface area contributed by atoms with Crippen LogP contribution in [0.5, 0.6) is 0 Å². The number of nitrogens with one attached hydrogen (secondary N) is 1. The summed E-state index contributed by atoms with van der Waals surface area (Å²) in [4.78, 5) is 2.95. The van der Waals surface area contributed by atoms with Crippen LogP contribution in [0.3, 0.4) is 0 Å².